The van der Waals surface area contributed by atoms with Gasteiger partial charge in [-0.25, -0.2) is 17.8 Å². The highest BCUT2D eigenvalue weighted by Gasteiger charge is 2.63. The maximum Gasteiger partial charge on any atom is 0.262 e. The van der Waals surface area contributed by atoms with Gasteiger partial charge in [-0.05, 0) is 70.6 Å². The lowest BCUT2D eigenvalue weighted by Gasteiger charge is -2.27. The summed E-state index contributed by atoms with van der Waals surface area (Å²) >= 11 is 0. The number of hydrogen-bond acceptors (Lipinski definition) is 9. The minimum Gasteiger partial charge on any atom is -0.470 e. The third-order valence-corrected chi connectivity index (χ3v) is 13.4. The van der Waals surface area contributed by atoms with Crippen LogP contribution in [0.2, 0.25) is 0 Å². The van der Waals surface area contributed by atoms with Crippen LogP contribution >= 0.6 is 0 Å². The molecule has 14 heteroatoms. The van der Waals surface area contributed by atoms with E-state index in [4.69, 9.17) is 19.1 Å². The summed E-state index contributed by atoms with van der Waals surface area (Å²) in [5.41, 5.74) is 1.24. The highest BCUT2D eigenvalue weighted by Crippen LogP contribution is 2.47. The summed E-state index contributed by atoms with van der Waals surface area (Å²) in [5, 5.41) is 3.35. The molecule has 0 spiro atoms. The summed E-state index contributed by atoms with van der Waals surface area (Å²) < 4.78 is 54.4. The number of carbonyl (C=O) groups excluding carboxylic acids is 3. The van der Waals surface area contributed by atoms with Gasteiger partial charge in [0.05, 0.1) is 11.3 Å². The normalized spacial score (nSPS) is 26.5. The third kappa shape index (κ3) is 6.66. The topological polar surface area (TPSA) is 161 Å². The number of aryl methyl sites for hydroxylation is 1. The van der Waals surface area contributed by atoms with Crippen LogP contribution in [0.15, 0.2) is 59.0 Å². The number of furan rings is 1. The van der Waals surface area contributed by atoms with Crippen LogP contribution in [-0.2, 0) is 24.4 Å². The predicted molar refractivity (Wildman–Crippen MR) is 194 cm³/mol. The van der Waals surface area contributed by atoms with Crippen molar-refractivity contribution in [3.63, 3.8) is 0 Å². The number of fused-ring (bicyclic) bond motifs is 5. The number of rotatable bonds is 6. The van der Waals surface area contributed by atoms with Gasteiger partial charge in [0.2, 0.25) is 27.4 Å². The molecule has 2 aliphatic heterocycles. The molecule has 3 amide bonds. The Morgan fingerprint density at radius 2 is 1.85 bits per heavy atom. The molecule has 2 saturated carbocycles. The molecular weight excluding hydrogens is 702 g/mol. The van der Waals surface area contributed by atoms with Crippen LogP contribution in [0.5, 0.6) is 5.88 Å². The number of halogens is 1. The quantitative estimate of drug-likeness (QED) is 0.239. The van der Waals surface area contributed by atoms with Gasteiger partial charge >= 0.3 is 0 Å². The molecule has 278 valence electrons. The standard InChI is InChI=1S/C39H42FN5O7S/c1-23-11-13-24(14-12-23)34-41-32-28-19-26(40)15-16-30(28)52-33(32)36(42-34)51-27-20-29-35(47)43-39(37(48)44-53(49,50)38(2)17-18-38)21-25(39)9-7-5-3-4-6-8-10-31(46)45(29)22-27/h7,9,11-16,19,25,27,29H,3-6,8,10,17-18,20-22H2,1-2H3,(H,43,47)(H,44,48)/b9-7-/t25-,27-,29+,39-/m1/s1. The summed E-state index contributed by atoms with van der Waals surface area (Å²) in [5.74, 6) is -1.98. The molecule has 0 bridgehead atoms. The number of aromatic nitrogens is 2. The fourth-order valence-corrected chi connectivity index (χ4v) is 8.74. The highest BCUT2D eigenvalue weighted by atomic mass is 32.2. The lowest BCUT2D eigenvalue weighted by Crippen LogP contribution is -2.57. The number of sulfonamides is 1. The minimum absolute atomic E-state index is 0.0619. The molecule has 12 nitrogen and oxygen atoms in total. The van der Waals surface area contributed by atoms with Crippen LogP contribution in [-0.4, -0.2) is 70.0 Å². The van der Waals surface area contributed by atoms with Crippen molar-refractivity contribution in [2.24, 2.45) is 5.92 Å². The fourth-order valence-electron chi connectivity index (χ4n) is 7.43. The summed E-state index contributed by atoms with van der Waals surface area (Å²) in [4.78, 5) is 52.7. The Bertz CT molecular complexity index is 2270. The molecule has 53 heavy (non-hydrogen) atoms. The van der Waals surface area contributed by atoms with Crippen LogP contribution < -0.4 is 14.8 Å². The van der Waals surface area contributed by atoms with Crippen LogP contribution in [0.4, 0.5) is 4.39 Å². The van der Waals surface area contributed by atoms with Gasteiger partial charge in [0.15, 0.2) is 5.82 Å². The van der Waals surface area contributed by atoms with E-state index in [2.05, 4.69) is 10.0 Å². The summed E-state index contributed by atoms with van der Waals surface area (Å²) in [6.45, 7) is 3.63. The third-order valence-electron chi connectivity index (χ3n) is 11.2. The molecule has 2 N–H and O–H groups in total. The minimum atomic E-state index is -3.96. The molecule has 2 aromatic heterocycles. The Kier molecular flexibility index (Phi) is 8.78. The first kappa shape index (κ1) is 35.2. The molecular formula is C39H42FN5O7S. The molecule has 2 aromatic carbocycles. The van der Waals surface area contributed by atoms with Gasteiger partial charge in [-0.2, -0.15) is 4.98 Å². The molecule has 0 unspecified atom stereocenters. The van der Waals surface area contributed by atoms with E-state index in [1.165, 1.54) is 23.1 Å². The van der Waals surface area contributed by atoms with Gasteiger partial charge in [0.1, 0.15) is 34.6 Å². The number of amides is 3. The molecule has 4 aliphatic rings. The van der Waals surface area contributed by atoms with Crippen LogP contribution in [0.3, 0.4) is 0 Å². The number of nitrogens with zero attached hydrogens (tertiary/aromatic N) is 3. The number of nitrogens with one attached hydrogen (secondary N) is 2. The van der Waals surface area contributed by atoms with Crippen molar-refractivity contribution in [1.29, 1.82) is 0 Å². The van der Waals surface area contributed by atoms with Gasteiger partial charge in [0.25, 0.3) is 11.8 Å². The van der Waals surface area contributed by atoms with Crippen molar-refractivity contribution in [2.75, 3.05) is 6.54 Å². The molecule has 3 fully saturated rings. The first-order chi connectivity index (χ1) is 25.4. The molecule has 0 radical (unpaired) electrons. The monoisotopic (exact) mass is 743 g/mol. The number of allylic oxidation sites excluding steroid dienone is 1. The Hall–Kier alpha value is -4.85. The maximum atomic E-state index is 14.4. The summed E-state index contributed by atoms with van der Waals surface area (Å²) in [6, 6.07) is 10.8. The van der Waals surface area contributed by atoms with Crippen LogP contribution in [0, 0.1) is 18.7 Å². The van der Waals surface area contributed by atoms with E-state index in [-0.39, 0.29) is 43.2 Å². The van der Waals surface area contributed by atoms with Gasteiger partial charge in [0, 0.05) is 29.7 Å². The van der Waals surface area contributed by atoms with Gasteiger partial charge in [-0.1, -0.05) is 54.8 Å². The zero-order chi connectivity index (χ0) is 37.1. The first-order valence-electron chi connectivity index (χ1n) is 18.3. The molecule has 8 rings (SSSR count). The van der Waals surface area contributed by atoms with E-state index >= 15 is 0 Å². The SMILES string of the molecule is Cc1ccc(-c2nc(O[C@@H]3C[C@H]4C(=O)N[C@]5(C(=O)NS(=O)(=O)C6(C)CC6)C[C@H]5/C=C\CCCCCCC(=O)N4C3)c3oc4ccc(F)cc4c3n2)cc1. The number of ether oxygens (including phenoxy) is 1. The van der Waals surface area contributed by atoms with E-state index in [0.29, 0.717) is 47.1 Å². The predicted octanol–water partition coefficient (Wildman–Crippen LogP) is 5.62. The van der Waals surface area contributed by atoms with Crippen molar-refractivity contribution in [2.45, 2.75) is 100 Å². The van der Waals surface area contributed by atoms with Gasteiger partial charge in [-0.15, -0.1) is 0 Å². The fraction of sp³-hybridized carbons (Fsp3) is 0.462. The van der Waals surface area contributed by atoms with Crippen molar-refractivity contribution in [3.8, 4) is 17.3 Å². The van der Waals surface area contributed by atoms with Crippen molar-refractivity contribution in [3.05, 3.63) is 66.0 Å². The first-order valence-corrected chi connectivity index (χ1v) is 19.8. The zero-order valence-electron chi connectivity index (χ0n) is 29.7. The van der Waals surface area contributed by atoms with Crippen molar-refractivity contribution in [1.82, 2.24) is 24.9 Å². The molecule has 4 heterocycles. The number of hydrogen-bond donors (Lipinski definition) is 2. The second-order valence-electron chi connectivity index (χ2n) is 15.2. The van der Waals surface area contributed by atoms with E-state index in [1.54, 1.807) is 6.92 Å². The summed E-state index contributed by atoms with van der Waals surface area (Å²) in [7, 11) is -3.96. The summed E-state index contributed by atoms with van der Waals surface area (Å²) in [6.07, 6.45) is 8.74. The van der Waals surface area contributed by atoms with Gasteiger partial charge < -0.3 is 19.4 Å². The Labute approximate surface area is 306 Å². The average molecular weight is 744 g/mol. The Balaban J connectivity index is 1.11. The van der Waals surface area contributed by atoms with E-state index in [0.717, 1.165) is 31.2 Å². The van der Waals surface area contributed by atoms with Crippen molar-refractivity contribution >= 4 is 49.8 Å². The van der Waals surface area contributed by atoms with E-state index in [1.807, 2.05) is 43.3 Å². The average Bonchev–Trinajstić information content (AvgIpc) is 3.95. The number of carbonyl (C=O) groups is 3. The van der Waals surface area contributed by atoms with Crippen molar-refractivity contribution < 1.29 is 36.3 Å². The smallest absolute Gasteiger partial charge is 0.262 e. The van der Waals surface area contributed by atoms with Crippen LogP contribution in [0.25, 0.3) is 33.5 Å². The maximum absolute atomic E-state index is 14.4. The van der Waals surface area contributed by atoms with Crippen LogP contribution in [0.1, 0.15) is 76.7 Å². The molecule has 2 aliphatic carbocycles. The molecule has 1 saturated heterocycles. The molecule has 4 atom stereocenters. The van der Waals surface area contributed by atoms with E-state index in [9.17, 15) is 27.2 Å². The Morgan fingerprint density at radius 1 is 1.08 bits per heavy atom. The lowest BCUT2D eigenvalue weighted by molar-refractivity contribution is -0.139. The van der Waals surface area contributed by atoms with Gasteiger partial charge in [-0.3, -0.25) is 19.1 Å². The Morgan fingerprint density at radius 3 is 2.62 bits per heavy atom. The number of benzene rings is 2. The lowest BCUT2D eigenvalue weighted by atomic mass is 10.1. The second-order valence-corrected chi connectivity index (χ2v) is 17.4. The second kappa shape index (κ2) is 13.2. The zero-order valence-corrected chi connectivity index (χ0v) is 30.5. The largest absolute Gasteiger partial charge is 0.470 e. The highest BCUT2D eigenvalue weighted by molar-refractivity contribution is 7.91. The molecule has 4 aromatic rings. The van der Waals surface area contributed by atoms with E-state index < -0.39 is 56.0 Å².